The number of amides is 1. The largest absolute Gasteiger partial charge is 0.503 e. The van der Waals surface area contributed by atoms with Crippen molar-refractivity contribution < 1.29 is 18.7 Å². The van der Waals surface area contributed by atoms with E-state index in [1.807, 2.05) is 5.01 Å². The molecule has 5 rings (SSSR count). The van der Waals surface area contributed by atoms with Crippen LogP contribution in [0.5, 0.6) is 5.75 Å². The van der Waals surface area contributed by atoms with Crippen LogP contribution in [-0.4, -0.2) is 48.9 Å². The van der Waals surface area contributed by atoms with Gasteiger partial charge >= 0.3 is 0 Å². The van der Waals surface area contributed by atoms with Gasteiger partial charge in [-0.15, -0.1) is 10.2 Å². The van der Waals surface area contributed by atoms with E-state index in [0.717, 1.165) is 36.3 Å². The van der Waals surface area contributed by atoms with Crippen LogP contribution >= 0.6 is 11.3 Å². The Morgan fingerprint density at radius 1 is 1.13 bits per heavy atom. The molecular formula is C20H17F2N5O3S. The molecule has 1 amide bonds. The van der Waals surface area contributed by atoms with E-state index in [1.54, 1.807) is 9.58 Å². The summed E-state index contributed by atoms with van der Waals surface area (Å²) < 4.78 is 28.6. The number of hydrogen-bond acceptors (Lipinski definition) is 7. The van der Waals surface area contributed by atoms with Crippen LogP contribution in [-0.2, 0) is 13.1 Å². The summed E-state index contributed by atoms with van der Waals surface area (Å²) in [4.78, 5) is 25.6. The minimum absolute atomic E-state index is 0.0370. The number of hydrogen-bond donors (Lipinski definition) is 1. The highest BCUT2D eigenvalue weighted by atomic mass is 32.1. The molecule has 1 saturated heterocycles. The molecule has 0 atom stereocenters. The lowest BCUT2D eigenvalue weighted by Gasteiger charge is -2.43. The Hall–Kier alpha value is -3.18. The van der Waals surface area contributed by atoms with Crippen LogP contribution in [0.3, 0.4) is 0 Å². The predicted molar refractivity (Wildman–Crippen MR) is 107 cm³/mol. The Kier molecular flexibility index (Phi) is 4.78. The van der Waals surface area contributed by atoms with Crippen LogP contribution in [0.4, 0.5) is 8.78 Å². The van der Waals surface area contributed by atoms with Crippen molar-refractivity contribution in [1.29, 1.82) is 0 Å². The number of rotatable bonds is 3. The maximum absolute atomic E-state index is 13.9. The maximum Gasteiger partial charge on any atom is 0.288 e. The molecule has 0 unspecified atom stereocenters. The number of benzene rings is 1. The number of fused-ring (bicyclic) bond motifs is 2. The molecule has 2 aliphatic heterocycles. The van der Waals surface area contributed by atoms with E-state index in [0.29, 0.717) is 24.8 Å². The highest BCUT2D eigenvalue weighted by Gasteiger charge is 2.35. The van der Waals surface area contributed by atoms with Crippen molar-refractivity contribution in [2.75, 3.05) is 13.1 Å². The fraction of sp³-hybridized carbons (Fsp3) is 0.300. The van der Waals surface area contributed by atoms with E-state index in [-0.39, 0.29) is 28.2 Å². The number of carbonyl (C=O) groups is 1. The van der Waals surface area contributed by atoms with Gasteiger partial charge < -0.3 is 9.67 Å². The summed E-state index contributed by atoms with van der Waals surface area (Å²) >= 11 is 1.07. The second-order valence-corrected chi connectivity index (χ2v) is 8.52. The summed E-state index contributed by atoms with van der Waals surface area (Å²) in [6.45, 7) is 1.59. The highest BCUT2D eigenvalue weighted by Crippen LogP contribution is 2.30. The lowest BCUT2D eigenvalue weighted by molar-refractivity contribution is -0.0621. The first-order valence-corrected chi connectivity index (χ1v) is 10.5. The third-order valence-electron chi connectivity index (χ3n) is 5.44. The third-order valence-corrected chi connectivity index (χ3v) is 6.40. The van der Waals surface area contributed by atoms with Crippen LogP contribution in [0.15, 0.2) is 29.2 Å². The molecule has 3 aromatic rings. The van der Waals surface area contributed by atoms with E-state index in [9.17, 15) is 23.5 Å². The Bertz CT molecular complexity index is 1260. The van der Waals surface area contributed by atoms with Gasteiger partial charge in [-0.05, 0) is 24.5 Å². The van der Waals surface area contributed by atoms with E-state index >= 15 is 0 Å². The Balaban J connectivity index is 1.50. The first kappa shape index (κ1) is 19.8. The van der Waals surface area contributed by atoms with Gasteiger partial charge in [0.25, 0.3) is 5.91 Å². The summed E-state index contributed by atoms with van der Waals surface area (Å²) in [5.41, 5.74) is -0.376. The number of aromatic nitrogens is 3. The molecule has 160 valence electrons. The molecule has 0 spiro atoms. The molecule has 2 aromatic heterocycles. The van der Waals surface area contributed by atoms with Crippen molar-refractivity contribution in [2.24, 2.45) is 0 Å². The molecule has 1 N–H and O–H groups in total. The number of pyridine rings is 1. The zero-order valence-corrected chi connectivity index (χ0v) is 17.0. The zero-order chi connectivity index (χ0) is 21.7. The molecule has 4 heterocycles. The fourth-order valence-corrected chi connectivity index (χ4v) is 4.76. The van der Waals surface area contributed by atoms with Gasteiger partial charge in [0.1, 0.15) is 16.6 Å². The van der Waals surface area contributed by atoms with Gasteiger partial charge in [0, 0.05) is 31.8 Å². The van der Waals surface area contributed by atoms with Gasteiger partial charge in [-0.2, -0.15) is 5.01 Å². The van der Waals surface area contributed by atoms with Crippen molar-refractivity contribution in [1.82, 2.24) is 24.8 Å². The van der Waals surface area contributed by atoms with Crippen molar-refractivity contribution in [3.63, 3.8) is 0 Å². The second-order valence-electron chi connectivity index (χ2n) is 7.46. The molecule has 0 aliphatic carbocycles. The molecule has 2 aliphatic rings. The number of halogens is 2. The second kappa shape index (κ2) is 7.50. The maximum atomic E-state index is 13.9. The molecule has 0 bridgehead atoms. The molecular weight excluding hydrogens is 428 g/mol. The van der Waals surface area contributed by atoms with Crippen LogP contribution in [0, 0.1) is 11.6 Å². The fourth-order valence-electron chi connectivity index (χ4n) is 3.89. The van der Waals surface area contributed by atoms with Gasteiger partial charge in [0.05, 0.1) is 12.2 Å². The number of nitrogens with zero attached hydrogens (tertiary/aromatic N) is 5. The summed E-state index contributed by atoms with van der Waals surface area (Å²) in [5, 5.41) is 22.7. The molecule has 0 radical (unpaired) electrons. The molecule has 8 nitrogen and oxygen atoms in total. The highest BCUT2D eigenvalue weighted by molar-refractivity contribution is 7.14. The molecule has 0 saturated carbocycles. The van der Waals surface area contributed by atoms with Crippen molar-refractivity contribution in [3.05, 3.63) is 62.5 Å². The van der Waals surface area contributed by atoms with Gasteiger partial charge in [-0.25, -0.2) is 8.78 Å². The van der Waals surface area contributed by atoms with E-state index < -0.39 is 28.7 Å². The average Bonchev–Trinajstić information content (AvgIpc) is 3.21. The zero-order valence-electron chi connectivity index (χ0n) is 16.2. The Morgan fingerprint density at radius 3 is 2.74 bits per heavy atom. The van der Waals surface area contributed by atoms with Crippen molar-refractivity contribution in [3.8, 4) is 16.3 Å². The van der Waals surface area contributed by atoms with E-state index in [2.05, 4.69) is 10.2 Å². The minimum atomic E-state index is -0.708. The summed E-state index contributed by atoms with van der Waals surface area (Å²) in [6, 6.07) is 3.29. The van der Waals surface area contributed by atoms with Crippen molar-refractivity contribution >= 4 is 17.2 Å². The van der Waals surface area contributed by atoms with Gasteiger partial charge in [0.15, 0.2) is 16.5 Å². The Labute approximate surface area is 179 Å². The average molecular weight is 445 g/mol. The number of hydrazine groups is 1. The first-order chi connectivity index (χ1) is 14.9. The normalized spacial score (nSPS) is 16.3. The monoisotopic (exact) mass is 445 g/mol. The van der Waals surface area contributed by atoms with E-state index in [1.165, 1.54) is 12.3 Å². The quantitative estimate of drug-likeness (QED) is 0.666. The minimum Gasteiger partial charge on any atom is -0.503 e. The van der Waals surface area contributed by atoms with Gasteiger partial charge in [-0.3, -0.25) is 14.6 Å². The SMILES string of the molecule is O=C1c2c(O)c(=O)c(-c3nnc(Cc4ccc(F)cc4F)s3)cn2CN2CCCCN12. The standard InChI is InChI=1S/C20H17F2N5O3S/c21-12-4-3-11(14(22)8-12)7-15-23-24-19(31-15)13-9-25-10-26-5-1-2-6-27(26)20(30)16(25)18(29)17(13)28/h3-4,8-9,29H,1-2,5-7,10H2. The van der Waals surface area contributed by atoms with Crippen LogP contribution < -0.4 is 5.43 Å². The molecule has 11 heteroatoms. The van der Waals surface area contributed by atoms with Crippen LogP contribution in [0.1, 0.15) is 33.9 Å². The molecule has 31 heavy (non-hydrogen) atoms. The summed E-state index contributed by atoms with van der Waals surface area (Å²) in [5.74, 6) is -2.38. The smallest absolute Gasteiger partial charge is 0.288 e. The van der Waals surface area contributed by atoms with Crippen molar-refractivity contribution in [2.45, 2.75) is 25.9 Å². The Morgan fingerprint density at radius 2 is 1.94 bits per heavy atom. The summed E-state index contributed by atoms with van der Waals surface area (Å²) in [6.07, 6.45) is 3.42. The third kappa shape index (κ3) is 3.39. The summed E-state index contributed by atoms with van der Waals surface area (Å²) in [7, 11) is 0. The number of carbonyl (C=O) groups excluding carboxylic acids is 1. The predicted octanol–water partition coefficient (Wildman–Crippen LogP) is 2.37. The van der Waals surface area contributed by atoms with E-state index in [4.69, 9.17) is 0 Å². The van der Waals surface area contributed by atoms with Crippen LogP contribution in [0.2, 0.25) is 0 Å². The van der Waals surface area contributed by atoms with Crippen LogP contribution in [0.25, 0.3) is 10.6 Å². The lowest BCUT2D eigenvalue weighted by atomic mass is 10.1. The first-order valence-electron chi connectivity index (χ1n) is 9.72. The van der Waals surface area contributed by atoms with Gasteiger partial charge in [-0.1, -0.05) is 17.4 Å². The number of aromatic hydroxyl groups is 1. The molecule has 1 aromatic carbocycles. The van der Waals surface area contributed by atoms with Gasteiger partial charge in [0.2, 0.25) is 5.43 Å². The lowest BCUT2D eigenvalue weighted by Crippen LogP contribution is -2.55. The molecule has 1 fully saturated rings. The topological polar surface area (TPSA) is 91.6 Å².